The Balaban J connectivity index is 0.00000484. The smallest absolute Gasteiger partial charge is 0.192 e. The highest BCUT2D eigenvalue weighted by molar-refractivity contribution is 14.0. The lowest BCUT2D eigenvalue weighted by Crippen LogP contribution is -2.45. The van der Waals surface area contributed by atoms with Crippen molar-refractivity contribution in [2.45, 2.75) is 39.3 Å². The summed E-state index contributed by atoms with van der Waals surface area (Å²) in [5.41, 5.74) is 1.16. The fourth-order valence-corrected chi connectivity index (χ4v) is 2.21. The monoisotopic (exact) mass is 428 g/mol. The first-order valence-electron chi connectivity index (χ1n) is 7.77. The van der Waals surface area contributed by atoms with Crippen LogP contribution in [0.5, 0.6) is 0 Å². The molecule has 0 bridgehead atoms. The molecule has 4 nitrogen and oxygen atoms in total. The first kappa shape index (κ1) is 21.7. The van der Waals surface area contributed by atoms with Crippen LogP contribution in [-0.4, -0.2) is 31.1 Å². The summed E-state index contributed by atoms with van der Waals surface area (Å²) in [5.74, 6) is 3.31. The van der Waals surface area contributed by atoms with Gasteiger partial charge in [0.2, 0.25) is 0 Å². The van der Waals surface area contributed by atoms with Gasteiger partial charge >= 0.3 is 0 Å². The molecular formula is C18H29IN4. The zero-order chi connectivity index (χ0) is 16.4. The minimum Gasteiger partial charge on any atom is -0.357 e. The summed E-state index contributed by atoms with van der Waals surface area (Å²) in [4.78, 5) is 4.61. The van der Waals surface area contributed by atoms with Gasteiger partial charge in [0, 0.05) is 18.1 Å². The topological polar surface area (TPSA) is 48.5 Å². The minimum absolute atomic E-state index is 0. The molecule has 0 saturated carbocycles. The van der Waals surface area contributed by atoms with Crippen LogP contribution in [0.4, 0.5) is 0 Å². The normalized spacial score (nSPS) is 12.7. The Kier molecular flexibility index (Phi) is 10.7. The van der Waals surface area contributed by atoms with E-state index < -0.39 is 0 Å². The number of terminal acetylenes is 1. The molecule has 23 heavy (non-hydrogen) atoms. The van der Waals surface area contributed by atoms with E-state index in [4.69, 9.17) is 6.42 Å². The number of nitrogens with zero attached hydrogens (tertiary/aromatic N) is 1. The summed E-state index contributed by atoms with van der Waals surface area (Å²) >= 11 is 0. The van der Waals surface area contributed by atoms with Gasteiger partial charge in [0.25, 0.3) is 0 Å². The van der Waals surface area contributed by atoms with E-state index in [1.165, 1.54) is 5.56 Å². The molecule has 5 heteroatoms. The predicted octanol–water partition coefficient (Wildman–Crippen LogP) is 2.92. The predicted molar refractivity (Wildman–Crippen MR) is 110 cm³/mol. The zero-order valence-electron chi connectivity index (χ0n) is 14.5. The van der Waals surface area contributed by atoms with Crippen LogP contribution in [-0.2, 0) is 0 Å². The summed E-state index contributed by atoms with van der Waals surface area (Å²) in [7, 11) is 0. The maximum absolute atomic E-state index is 5.28. The van der Waals surface area contributed by atoms with Crippen LogP contribution in [0.25, 0.3) is 0 Å². The van der Waals surface area contributed by atoms with Gasteiger partial charge in [0.15, 0.2) is 5.96 Å². The van der Waals surface area contributed by atoms with E-state index in [1.54, 1.807) is 0 Å². The van der Waals surface area contributed by atoms with Gasteiger partial charge in [-0.3, -0.25) is 4.99 Å². The van der Waals surface area contributed by atoms with Crippen LogP contribution in [0, 0.1) is 12.3 Å². The highest BCUT2D eigenvalue weighted by Crippen LogP contribution is 2.16. The van der Waals surface area contributed by atoms with Gasteiger partial charge in [-0.05, 0) is 33.3 Å². The van der Waals surface area contributed by atoms with Gasteiger partial charge in [0.05, 0.1) is 13.1 Å². The summed E-state index contributed by atoms with van der Waals surface area (Å²) in [6.45, 7) is 10.5. The van der Waals surface area contributed by atoms with Crippen LogP contribution >= 0.6 is 24.0 Å². The molecule has 1 aromatic carbocycles. The number of guanidine groups is 1. The molecule has 0 fully saturated rings. The number of benzene rings is 1. The summed E-state index contributed by atoms with van der Waals surface area (Å²) in [6.07, 6.45) is 5.28. The van der Waals surface area contributed by atoms with Crippen LogP contribution in [0.3, 0.4) is 0 Å². The van der Waals surface area contributed by atoms with Gasteiger partial charge in [-0.15, -0.1) is 30.4 Å². The molecule has 0 aliphatic heterocycles. The molecule has 1 atom stereocenters. The molecule has 128 valence electrons. The third kappa shape index (κ3) is 8.82. The SMILES string of the molecule is C#CCNC(=NCC(C)(C)NC(C)c1ccccc1)NCC.I. The van der Waals surface area contributed by atoms with Gasteiger partial charge in [-0.2, -0.15) is 0 Å². The van der Waals surface area contributed by atoms with Crippen LogP contribution in [0.2, 0.25) is 0 Å². The van der Waals surface area contributed by atoms with E-state index in [0.717, 1.165) is 12.5 Å². The zero-order valence-corrected chi connectivity index (χ0v) is 16.8. The number of hydrogen-bond donors (Lipinski definition) is 3. The number of nitrogens with one attached hydrogen (secondary N) is 3. The molecule has 0 aliphatic carbocycles. The van der Waals surface area contributed by atoms with Crippen molar-refractivity contribution in [1.82, 2.24) is 16.0 Å². The summed E-state index contributed by atoms with van der Waals surface area (Å²) in [6, 6.07) is 10.7. The molecule has 0 saturated heterocycles. The van der Waals surface area contributed by atoms with E-state index in [2.05, 4.69) is 71.9 Å². The van der Waals surface area contributed by atoms with E-state index in [0.29, 0.717) is 13.1 Å². The van der Waals surface area contributed by atoms with Gasteiger partial charge < -0.3 is 16.0 Å². The van der Waals surface area contributed by atoms with E-state index in [9.17, 15) is 0 Å². The average Bonchev–Trinajstić information content (AvgIpc) is 2.50. The first-order valence-corrected chi connectivity index (χ1v) is 7.77. The van der Waals surface area contributed by atoms with Crippen LogP contribution in [0.1, 0.15) is 39.3 Å². The van der Waals surface area contributed by atoms with Gasteiger partial charge in [-0.25, -0.2) is 0 Å². The molecule has 1 aromatic rings. The lowest BCUT2D eigenvalue weighted by Gasteiger charge is -2.29. The lowest BCUT2D eigenvalue weighted by molar-refractivity contribution is 0.356. The fourth-order valence-electron chi connectivity index (χ4n) is 2.21. The van der Waals surface area contributed by atoms with Crippen LogP contribution < -0.4 is 16.0 Å². The number of hydrogen-bond acceptors (Lipinski definition) is 2. The number of rotatable bonds is 7. The highest BCUT2D eigenvalue weighted by Gasteiger charge is 2.20. The van der Waals surface area contributed by atoms with Crippen molar-refractivity contribution in [3.05, 3.63) is 35.9 Å². The highest BCUT2D eigenvalue weighted by atomic mass is 127. The van der Waals surface area contributed by atoms with Gasteiger partial charge in [0.1, 0.15) is 0 Å². The maximum atomic E-state index is 5.28. The quantitative estimate of drug-likeness (QED) is 0.271. The molecule has 0 aliphatic rings. The van der Waals surface area contributed by atoms with E-state index in [-0.39, 0.29) is 35.6 Å². The standard InChI is InChI=1S/C18H28N4.HI/c1-6-13-20-17(19-7-2)21-14-18(4,5)22-15(3)16-11-9-8-10-12-16;/h1,8-12,15,22H,7,13-14H2,2-5H3,(H2,19,20,21);1H. The summed E-state index contributed by atoms with van der Waals surface area (Å²) < 4.78 is 0. The molecule has 0 aromatic heterocycles. The molecular weight excluding hydrogens is 399 g/mol. The maximum Gasteiger partial charge on any atom is 0.192 e. The van der Waals surface area contributed by atoms with Crippen molar-refractivity contribution < 1.29 is 0 Å². The molecule has 0 amide bonds. The van der Waals surface area contributed by atoms with Crippen molar-refractivity contribution in [3.8, 4) is 12.3 Å². The Bertz CT molecular complexity index is 506. The van der Waals surface area contributed by atoms with Crippen molar-refractivity contribution in [2.24, 2.45) is 4.99 Å². The fraction of sp³-hybridized carbons (Fsp3) is 0.500. The first-order chi connectivity index (χ1) is 10.5. The Morgan fingerprint density at radius 2 is 1.91 bits per heavy atom. The molecule has 0 heterocycles. The van der Waals surface area contributed by atoms with Crippen LogP contribution in [0.15, 0.2) is 35.3 Å². The Morgan fingerprint density at radius 1 is 1.26 bits per heavy atom. The largest absolute Gasteiger partial charge is 0.357 e. The third-order valence-electron chi connectivity index (χ3n) is 3.24. The van der Waals surface area contributed by atoms with Crippen molar-refractivity contribution in [1.29, 1.82) is 0 Å². The Hall–Kier alpha value is -1.26. The lowest BCUT2D eigenvalue weighted by atomic mass is 10.0. The third-order valence-corrected chi connectivity index (χ3v) is 3.24. The second kappa shape index (κ2) is 11.3. The Labute approximate surface area is 157 Å². The molecule has 1 rings (SSSR count). The Morgan fingerprint density at radius 3 is 2.48 bits per heavy atom. The molecule has 3 N–H and O–H groups in total. The second-order valence-corrected chi connectivity index (χ2v) is 5.91. The van der Waals surface area contributed by atoms with E-state index >= 15 is 0 Å². The van der Waals surface area contributed by atoms with Gasteiger partial charge in [-0.1, -0.05) is 36.3 Å². The molecule has 0 radical (unpaired) electrons. The average molecular weight is 428 g/mol. The second-order valence-electron chi connectivity index (χ2n) is 5.91. The molecule has 1 unspecified atom stereocenters. The van der Waals surface area contributed by atoms with Crippen molar-refractivity contribution in [2.75, 3.05) is 19.6 Å². The number of halogens is 1. The minimum atomic E-state index is -0.117. The number of aliphatic imine (C=N–C) groups is 1. The van der Waals surface area contributed by atoms with Crippen molar-refractivity contribution in [3.63, 3.8) is 0 Å². The van der Waals surface area contributed by atoms with E-state index in [1.807, 2.05) is 13.0 Å². The van der Waals surface area contributed by atoms with Crippen molar-refractivity contribution >= 4 is 29.9 Å². The molecule has 0 spiro atoms. The summed E-state index contributed by atoms with van der Waals surface area (Å²) in [5, 5.41) is 9.92.